The lowest BCUT2D eigenvalue weighted by Crippen LogP contribution is -2.51. The molecule has 0 spiro atoms. The average Bonchev–Trinajstić information content (AvgIpc) is 3.23. The molecule has 0 aromatic carbocycles. The van der Waals surface area contributed by atoms with Crippen LogP contribution in [-0.2, 0) is 14.8 Å². The molecule has 1 saturated heterocycles. The molecular formula is C14H27N3O3S. The van der Waals surface area contributed by atoms with Crippen LogP contribution in [-0.4, -0.2) is 49.1 Å². The van der Waals surface area contributed by atoms with Crippen molar-refractivity contribution in [3.05, 3.63) is 0 Å². The Morgan fingerprint density at radius 3 is 2.29 bits per heavy atom. The van der Waals surface area contributed by atoms with Crippen LogP contribution >= 0.6 is 0 Å². The van der Waals surface area contributed by atoms with Gasteiger partial charge in [0.15, 0.2) is 0 Å². The first-order valence-corrected chi connectivity index (χ1v) is 9.36. The Bertz CT molecular complexity index is 466. The van der Waals surface area contributed by atoms with Crippen LogP contribution in [0.15, 0.2) is 0 Å². The van der Waals surface area contributed by atoms with Crippen molar-refractivity contribution in [3.63, 3.8) is 0 Å². The van der Waals surface area contributed by atoms with Crippen LogP contribution in [0.1, 0.15) is 46.0 Å². The normalized spacial score (nSPS) is 23.2. The molecular weight excluding hydrogens is 290 g/mol. The van der Waals surface area contributed by atoms with E-state index in [-0.39, 0.29) is 17.2 Å². The molecule has 1 heterocycles. The van der Waals surface area contributed by atoms with Gasteiger partial charge in [-0.2, -0.15) is 0 Å². The molecule has 2 rings (SSSR count). The second-order valence-corrected chi connectivity index (χ2v) is 8.88. The Morgan fingerprint density at radius 2 is 1.81 bits per heavy atom. The van der Waals surface area contributed by atoms with Gasteiger partial charge in [-0.15, -0.1) is 0 Å². The Morgan fingerprint density at radius 1 is 1.24 bits per heavy atom. The van der Waals surface area contributed by atoms with E-state index in [0.717, 1.165) is 12.8 Å². The molecule has 2 fully saturated rings. The summed E-state index contributed by atoms with van der Waals surface area (Å²) in [5, 5.41) is 2.81. The highest BCUT2D eigenvalue weighted by Gasteiger charge is 2.41. The van der Waals surface area contributed by atoms with Gasteiger partial charge >= 0.3 is 0 Å². The fourth-order valence-corrected chi connectivity index (χ4v) is 4.63. The van der Waals surface area contributed by atoms with E-state index < -0.39 is 16.1 Å². The lowest BCUT2D eigenvalue weighted by Gasteiger charge is -2.32. The predicted octanol–water partition coefficient (Wildman–Crippen LogP) is 0.433. The summed E-state index contributed by atoms with van der Waals surface area (Å²) >= 11 is 0. The number of sulfonamides is 1. The van der Waals surface area contributed by atoms with Crippen LogP contribution in [0, 0.1) is 5.92 Å². The zero-order chi connectivity index (χ0) is 15.6. The summed E-state index contributed by atoms with van der Waals surface area (Å²) in [6.07, 6.45) is 3.60. The molecule has 7 heteroatoms. The Hall–Kier alpha value is -0.660. The zero-order valence-electron chi connectivity index (χ0n) is 12.9. The van der Waals surface area contributed by atoms with Crippen molar-refractivity contribution in [2.75, 3.05) is 13.1 Å². The molecule has 0 radical (unpaired) electrons. The lowest BCUT2D eigenvalue weighted by molar-refractivity contribution is -0.123. The summed E-state index contributed by atoms with van der Waals surface area (Å²) in [6, 6.07) is -0.431. The molecule has 0 aromatic heterocycles. The van der Waals surface area contributed by atoms with E-state index in [1.165, 1.54) is 0 Å². The van der Waals surface area contributed by atoms with Gasteiger partial charge < -0.3 is 11.1 Å². The summed E-state index contributed by atoms with van der Waals surface area (Å²) < 4.78 is 25.8. The summed E-state index contributed by atoms with van der Waals surface area (Å²) in [5.41, 5.74) is 5.86. The molecule has 3 N–H and O–H groups in total. The number of hydrogen-bond donors (Lipinski definition) is 2. The second kappa shape index (κ2) is 6.62. The van der Waals surface area contributed by atoms with Crippen LogP contribution in [0.5, 0.6) is 0 Å². The van der Waals surface area contributed by atoms with E-state index in [1.807, 2.05) is 13.8 Å². The van der Waals surface area contributed by atoms with Gasteiger partial charge in [-0.05, 0) is 38.0 Å². The third-order valence-corrected chi connectivity index (χ3v) is 6.57. The van der Waals surface area contributed by atoms with Crippen LogP contribution < -0.4 is 11.1 Å². The van der Waals surface area contributed by atoms with Crippen LogP contribution in [0.25, 0.3) is 0 Å². The van der Waals surface area contributed by atoms with Crippen molar-refractivity contribution in [2.24, 2.45) is 11.7 Å². The first-order valence-electron chi connectivity index (χ1n) is 7.85. The van der Waals surface area contributed by atoms with Crippen molar-refractivity contribution in [1.29, 1.82) is 0 Å². The summed E-state index contributed by atoms with van der Waals surface area (Å²) in [6.45, 7) is 5.08. The Balaban J connectivity index is 1.77. The molecule has 21 heavy (non-hydrogen) atoms. The maximum atomic E-state index is 12.1. The molecule has 1 aliphatic heterocycles. The number of carbonyl (C=O) groups excluding carboxylic acids is 1. The van der Waals surface area contributed by atoms with Crippen molar-refractivity contribution in [2.45, 2.75) is 63.3 Å². The third kappa shape index (κ3) is 4.40. The SMILES string of the molecule is CC(C)C[C@H](N)C(=O)NC1CCN(S(=O)(=O)C2CC2)CC1. The minimum absolute atomic E-state index is 0.0429. The van der Waals surface area contributed by atoms with Crippen LogP contribution in [0.3, 0.4) is 0 Å². The Kier molecular flexibility index (Phi) is 5.27. The smallest absolute Gasteiger partial charge is 0.237 e. The number of nitrogens with zero attached hydrogens (tertiary/aromatic N) is 1. The highest BCUT2D eigenvalue weighted by atomic mass is 32.2. The quantitative estimate of drug-likeness (QED) is 0.743. The van der Waals surface area contributed by atoms with E-state index in [1.54, 1.807) is 4.31 Å². The van der Waals surface area contributed by atoms with Gasteiger partial charge in [-0.1, -0.05) is 13.8 Å². The maximum absolute atomic E-state index is 12.1. The van der Waals surface area contributed by atoms with E-state index in [2.05, 4.69) is 5.32 Å². The number of rotatable bonds is 6. The molecule has 122 valence electrons. The van der Waals surface area contributed by atoms with Gasteiger partial charge in [0.1, 0.15) is 0 Å². The molecule has 1 saturated carbocycles. The van der Waals surface area contributed by atoms with Crippen molar-refractivity contribution >= 4 is 15.9 Å². The summed E-state index contributed by atoms with van der Waals surface area (Å²) in [5.74, 6) is 0.267. The van der Waals surface area contributed by atoms with Gasteiger partial charge in [-0.3, -0.25) is 4.79 Å². The van der Waals surface area contributed by atoms with Gasteiger partial charge in [-0.25, -0.2) is 12.7 Å². The molecule has 0 aromatic rings. The van der Waals surface area contributed by atoms with Gasteiger partial charge in [0.25, 0.3) is 0 Å². The number of hydrogen-bond acceptors (Lipinski definition) is 4. The monoisotopic (exact) mass is 317 g/mol. The molecule has 0 unspecified atom stereocenters. The molecule has 1 atom stereocenters. The van der Waals surface area contributed by atoms with E-state index in [9.17, 15) is 13.2 Å². The van der Waals surface area contributed by atoms with Crippen molar-refractivity contribution < 1.29 is 13.2 Å². The molecule has 0 bridgehead atoms. The zero-order valence-corrected chi connectivity index (χ0v) is 13.7. The average molecular weight is 317 g/mol. The fourth-order valence-electron chi connectivity index (χ4n) is 2.75. The van der Waals surface area contributed by atoms with Crippen molar-refractivity contribution in [1.82, 2.24) is 9.62 Å². The first-order chi connectivity index (χ1) is 9.80. The van der Waals surface area contributed by atoms with E-state index >= 15 is 0 Å². The fraction of sp³-hybridized carbons (Fsp3) is 0.929. The number of carbonyl (C=O) groups is 1. The highest BCUT2D eigenvalue weighted by Crippen LogP contribution is 2.32. The largest absolute Gasteiger partial charge is 0.352 e. The summed E-state index contributed by atoms with van der Waals surface area (Å²) in [7, 11) is -3.08. The molecule has 1 aliphatic carbocycles. The van der Waals surface area contributed by atoms with Crippen LogP contribution in [0.4, 0.5) is 0 Å². The van der Waals surface area contributed by atoms with Gasteiger partial charge in [0, 0.05) is 19.1 Å². The van der Waals surface area contributed by atoms with Crippen molar-refractivity contribution in [3.8, 4) is 0 Å². The Labute approximate surface area is 127 Å². The minimum Gasteiger partial charge on any atom is -0.352 e. The topological polar surface area (TPSA) is 92.5 Å². The number of nitrogens with one attached hydrogen (secondary N) is 1. The standard InChI is InChI=1S/C14H27N3O3S/c1-10(2)9-13(15)14(18)16-11-5-7-17(8-6-11)21(19,20)12-3-4-12/h10-13H,3-9,15H2,1-2H3,(H,16,18)/t13-/m0/s1. The highest BCUT2D eigenvalue weighted by molar-refractivity contribution is 7.90. The van der Waals surface area contributed by atoms with Crippen LogP contribution in [0.2, 0.25) is 0 Å². The predicted molar refractivity (Wildman–Crippen MR) is 82.1 cm³/mol. The number of piperidine rings is 1. The number of amides is 1. The summed E-state index contributed by atoms with van der Waals surface area (Å²) in [4.78, 5) is 12.0. The maximum Gasteiger partial charge on any atom is 0.237 e. The second-order valence-electron chi connectivity index (χ2n) is 6.66. The molecule has 2 aliphatic rings. The van der Waals surface area contributed by atoms with E-state index in [0.29, 0.717) is 38.3 Å². The molecule has 1 amide bonds. The minimum atomic E-state index is -3.08. The molecule has 6 nitrogen and oxygen atoms in total. The van der Waals surface area contributed by atoms with E-state index in [4.69, 9.17) is 5.73 Å². The van der Waals surface area contributed by atoms with Gasteiger partial charge in [0.2, 0.25) is 15.9 Å². The third-order valence-electron chi connectivity index (χ3n) is 4.17. The lowest BCUT2D eigenvalue weighted by atomic mass is 10.0. The van der Waals surface area contributed by atoms with Gasteiger partial charge in [0.05, 0.1) is 11.3 Å². The first kappa shape index (κ1) is 16.7. The number of nitrogens with two attached hydrogens (primary N) is 1.